The lowest BCUT2D eigenvalue weighted by atomic mass is 10.0. The fourth-order valence-electron chi connectivity index (χ4n) is 3.33. The fraction of sp³-hybridized carbons (Fsp3) is 0.440. The van der Waals surface area contributed by atoms with Crippen LogP contribution in [-0.4, -0.2) is 28.8 Å². The average molecular weight is 395 g/mol. The molecule has 0 aliphatic rings. The molecule has 0 spiro atoms. The van der Waals surface area contributed by atoms with Crippen molar-refractivity contribution in [2.24, 2.45) is 0 Å². The molecule has 4 heteroatoms. The summed E-state index contributed by atoms with van der Waals surface area (Å²) in [4.78, 5) is 27.4. The molecule has 0 saturated heterocycles. The van der Waals surface area contributed by atoms with Crippen LogP contribution in [0, 0.1) is 6.92 Å². The summed E-state index contributed by atoms with van der Waals surface area (Å²) in [6.45, 7) is 10.3. The second-order valence-corrected chi connectivity index (χ2v) is 8.02. The highest BCUT2D eigenvalue weighted by Crippen LogP contribution is 2.15. The molecule has 156 valence electrons. The number of rotatable bonds is 9. The zero-order chi connectivity index (χ0) is 21.4. The Morgan fingerprint density at radius 2 is 1.62 bits per heavy atom. The SMILES string of the molecule is CCc1ccc(CCC(=O)N(Cc2cccc(C)c2)C(C)C(=O)NC(C)C)cc1. The van der Waals surface area contributed by atoms with Crippen LogP contribution in [-0.2, 0) is 29.0 Å². The minimum Gasteiger partial charge on any atom is -0.352 e. The summed E-state index contributed by atoms with van der Waals surface area (Å²) < 4.78 is 0. The van der Waals surface area contributed by atoms with Crippen LogP contribution in [0.15, 0.2) is 48.5 Å². The zero-order valence-electron chi connectivity index (χ0n) is 18.4. The van der Waals surface area contributed by atoms with Gasteiger partial charge in [0.05, 0.1) is 0 Å². The third-order valence-electron chi connectivity index (χ3n) is 5.09. The summed E-state index contributed by atoms with van der Waals surface area (Å²) in [7, 11) is 0. The number of amides is 2. The Labute approximate surface area is 175 Å². The Morgan fingerprint density at radius 3 is 2.21 bits per heavy atom. The molecular weight excluding hydrogens is 360 g/mol. The van der Waals surface area contributed by atoms with Crippen LogP contribution in [0.4, 0.5) is 0 Å². The van der Waals surface area contributed by atoms with Gasteiger partial charge in [-0.1, -0.05) is 61.0 Å². The van der Waals surface area contributed by atoms with Gasteiger partial charge in [-0.05, 0) is 57.2 Å². The summed E-state index contributed by atoms with van der Waals surface area (Å²) in [6.07, 6.45) is 2.06. The summed E-state index contributed by atoms with van der Waals surface area (Å²) in [5, 5.41) is 2.93. The molecule has 4 nitrogen and oxygen atoms in total. The van der Waals surface area contributed by atoms with Gasteiger partial charge in [0.25, 0.3) is 0 Å². The van der Waals surface area contributed by atoms with E-state index in [1.807, 2.05) is 39.0 Å². The van der Waals surface area contributed by atoms with Crippen LogP contribution in [0.5, 0.6) is 0 Å². The number of hydrogen-bond acceptors (Lipinski definition) is 2. The van der Waals surface area contributed by atoms with E-state index in [0.29, 0.717) is 19.4 Å². The van der Waals surface area contributed by atoms with Crippen molar-refractivity contribution < 1.29 is 9.59 Å². The van der Waals surface area contributed by atoms with Gasteiger partial charge in [0, 0.05) is 19.0 Å². The van der Waals surface area contributed by atoms with Gasteiger partial charge in [-0.3, -0.25) is 9.59 Å². The van der Waals surface area contributed by atoms with E-state index in [-0.39, 0.29) is 17.9 Å². The van der Waals surface area contributed by atoms with Crippen molar-refractivity contribution in [2.45, 2.75) is 72.5 Å². The Bertz CT molecular complexity index is 812. The molecule has 0 heterocycles. The molecule has 1 atom stereocenters. The maximum absolute atomic E-state index is 13.1. The average Bonchev–Trinajstić information content (AvgIpc) is 2.69. The predicted octanol–water partition coefficient (Wildman–Crippen LogP) is 4.43. The molecule has 0 radical (unpaired) electrons. The largest absolute Gasteiger partial charge is 0.352 e. The monoisotopic (exact) mass is 394 g/mol. The van der Waals surface area contributed by atoms with Gasteiger partial charge in [-0.2, -0.15) is 0 Å². The quantitative estimate of drug-likeness (QED) is 0.684. The molecule has 0 bridgehead atoms. The Kier molecular flexibility index (Phi) is 8.44. The van der Waals surface area contributed by atoms with Crippen LogP contribution >= 0.6 is 0 Å². The first-order chi connectivity index (χ1) is 13.8. The molecule has 2 aromatic rings. The van der Waals surface area contributed by atoms with Crippen LogP contribution in [0.3, 0.4) is 0 Å². The Balaban J connectivity index is 2.13. The minimum absolute atomic E-state index is 0.00233. The first-order valence-electron chi connectivity index (χ1n) is 10.5. The van der Waals surface area contributed by atoms with E-state index in [2.05, 4.69) is 42.6 Å². The van der Waals surface area contributed by atoms with E-state index in [1.165, 1.54) is 5.56 Å². The fourth-order valence-corrected chi connectivity index (χ4v) is 3.33. The standard InChI is InChI=1S/C25H34N2O2/c1-6-21-10-12-22(13-11-21)14-15-24(28)27(20(5)25(29)26-18(2)3)17-23-9-7-8-19(4)16-23/h7-13,16,18,20H,6,14-15,17H2,1-5H3,(H,26,29). The maximum Gasteiger partial charge on any atom is 0.242 e. The smallest absolute Gasteiger partial charge is 0.242 e. The number of aryl methyl sites for hydroxylation is 3. The molecule has 1 N–H and O–H groups in total. The number of carbonyl (C=O) groups is 2. The number of hydrogen-bond donors (Lipinski definition) is 1. The maximum atomic E-state index is 13.1. The van der Waals surface area contributed by atoms with Gasteiger partial charge < -0.3 is 10.2 Å². The molecule has 2 rings (SSSR count). The molecule has 0 aliphatic heterocycles. The Morgan fingerprint density at radius 1 is 0.966 bits per heavy atom. The topological polar surface area (TPSA) is 49.4 Å². The molecule has 2 amide bonds. The molecule has 1 unspecified atom stereocenters. The van der Waals surface area contributed by atoms with E-state index in [1.54, 1.807) is 11.8 Å². The highest BCUT2D eigenvalue weighted by atomic mass is 16.2. The number of carbonyl (C=O) groups excluding carboxylic acids is 2. The van der Waals surface area contributed by atoms with Gasteiger partial charge in [-0.15, -0.1) is 0 Å². The van der Waals surface area contributed by atoms with Crippen molar-refractivity contribution >= 4 is 11.8 Å². The second-order valence-electron chi connectivity index (χ2n) is 8.02. The molecule has 0 aliphatic carbocycles. The Hall–Kier alpha value is -2.62. The van der Waals surface area contributed by atoms with E-state index in [9.17, 15) is 9.59 Å². The molecular formula is C25H34N2O2. The molecule has 0 fully saturated rings. The van der Waals surface area contributed by atoms with Crippen molar-refractivity contribution in [2.75, 3.05) is 0 Å². The van der Waals surface area contributed by atoms with Gasteiger partial charge in [0.15, 0.2) is 0 Å². The summed E-state index contributed by atoms with van der Waals surface area (Å²) in [6, 6.07) is 16.0. The van der Waals surface area contributed by atoms with E-state index in [0.717, 1.165) is 23.1 Å². The lowest BCUT2D eigenvalue weighted by Gasteiger charge is -2.29. The van der Waals surface area contributed by atoms with E-state index in [4.69, 9.17) is 0 Å². The van der Waals surface area contributed by atoms with Crippen molar-refractivity contribution in [3.8, 4) is 0 Å². The van der Waals surface area contributed by atoms with Crippen LogP contribution in [0.1, 0.15) is 56.4 Å². The molecule has 0 saturated carbocycles. The minimum atomic E-state index is -0.520. The van der Waals surface area contributed by atoms with Gasteiger partial charge in [0.2, 0.25) is 11.8 Å². The number of nitrogens with zero attached hydrogens (tertiary/aromatic N) is 1. The molecule has 29 heavy (non-hydrogen) atoms. The predicted molar refractivity (Wildman–Crippen MR) is 119 cm³/mol. The molecule has 0 aromatic heterocycles. The number of nitrogens with one attached hydrogen (secondary N) is 1. The highest BCUT2D eigenvalue weighted by molar-refractivity contribution is 5.87. The van der Waals surface area contributed by atoms with Crippen molar-refractivity contribution in [1.82, 2.24) is 10.2 Å². The second kappa shape index (κ2) is 10.8. The van der Waals surface area contributed by atoms with Gasteiger partial charge in [0.1, 0.15) is 6.04 Å². The van der Waals surface area contributed by atoms with Crippen molar-refractivity contribution in [1.29, 1.82) is 0 Å². The lowest BCUT2D eigenvalue weighted by molar-refractivity contribution is -0.140. The third-order valence-corrected chi connectivity index (χ3v) is 5.09. The third kappa shape index (κ3) is 7.04. The normalized spacial score (nSPS) is 11.9. The van der Waals surface area contributed by atoms with Crippen molar-refractivity contribution in [3.05, 3.63) is 70.8 Å². The van der Waals surface area contributed by atoms with Crippen LogP contribution < -0.4 is 5.32 Å². The first kappa shape index (κ1) is 22.7. The van der Waals surface area contributed by atoms with Gasteiger partial charge >= 0.3 is 0 Å². The van der Waals surface area contributed by atoms with Crippen LogP contribution in [0.25, 0.3) is 0 Å². The first-order valence-corrected chi connectivity index (χ1v) is 10.5. The van der Waals surface area contributed by atoms with Crippen molar-refractivity contribution in [3.63, 3.8) is 0 Å². The molecule has 2 aromatic carbocycles. The lowest BCUT2D eigenvalue weighted by Crippen LogP contribution is -2.49. The van der Waals surface area contributed by atoms with Gasteiger partial charge in [-0.25, -0.2) is 0 Å². The zero-order valence-corrected chi connectivity index (χ0v) is 18.4. The highest BCUT2D eigenvalue weighted by Gasteiger charge is 2.26. The summed E-state index contributed by atoms with van der Waals surface area (Å²) >= 11 is 0. The number of benzene rings is 2. The summed E-state index contributed by atoms with van der Waals surface area (Å²) in [5.74, 6) is -0.120. The van der Waals surface area contributed by atoms with E-state index >= 15 is 0 Å². The van der Waals surface area contributed by atoms with E-state index < -0.39 is 6.04 Å². The summed E-state index contributed by atoms with van der Waals surface area (Å²) in [5.41, 5.74) is 4.62. The van der Waals surface area contributed by atoms with Crippen LogP contribution in [0.2, 0.25) is 0 Å².